The van der Waals surface area contributed by atoms with Gasteiger partial charge in [-0.2, -0.15) is 0 Å². The predicted octanol–water partition coefficient (Wildman–Crippen LogP) is 3.77. The van der Waals surface area contributed by atoms with Crippen molar-refractivity contribution >= 4 is 17.3 Å². The number of likely N-dealkylation sites (tertiary alicyclic amines) is 1. The fourth-order valence-electron chi connectivity index (χ4n) is 3.48. The number of guanidine groups is 1. The summed E-state index contributed by atoms with van der Waals surface area (Å²) in [6, 6.07) is 9.68. The summed E-state index contributed by atoms with van der Waals surface area (Å²) < 4.78 is 13.7. The maximum Gasteiger partial charge on any atom is 0.191 e. The van der Waals surface area contributed by atoms with Crippen LogP contribution < -0.4 is 10.6 Å². The predicted molar refractivity (Wildman–Crippen MR) is 112 cm³/mol. The van der Waals surface area contributed by atoms with Crippen LogP contribution in [0.4, 0.5) is 4.39 Å². The minimum atomic E-state index is -0.162. The summed E-state index contributed by atoms with van der Waals surface area (Å²) in [5.41, 5.74) is 1.59. The smallest absolute Gasteiger partial charge is 0.191 e. The van der Waals surface area contributed by atoms with Crippen LogP contribution in [-0.2, 0) is 13.1 Å². The molecule has 0 amide bonds. The van der Waals surface area contributed by atoms with Crippen molar-refractivity contribution in [1.29, 1.82) is 0 Å². The Balaban J connectivity index is 1.43. The number of thiophene rings is 1. The van der Waals surface area contributed by atoms with Crippen molar-refractivity contribution in [1.82, 2.24) is 15.5 Å². The molecule has 0 aliphatic carbocycles. The van der Waals surface area contributed by atoms with Gasteiger partial charge in [0.25, 0.3) is 0 Å². The van der Waals surface area contributed by atoms with E-state index in [-0.39, 0.29) is 5.82 Å². The lowest BCUT2D eigenvalue weighted by molar-refractivity contribution is 0.169. The quantitative estimate of drug-likeness (QED) is 0.584. The zero-order valence-electron chi connectivity index (χ0n) is 16.2. The minimum absolute atomic E-state index is 0.162. The molecule has 1 unspecified atom stereocenters. The van der Waals surface area contributed by atoms with Crippen LogP contribution in [0.2, 0.25) is 0 Å². The first kappa shape index (κ1) is 19.8. The zero-order chi connectivity index (χ0) is 19.1. The highest BCUT2D eigenvalue weighted by Crippen LogP contribution is 2.20. The van der Waals surface area contributed by atoms with Crippen LogP contribution in [0, 0.1) is 18.7 Å². The molecule has 0 radical (unpaired) electrons. The molecule has 3 rings (SSSR count). The van der Waals surface area contributed by atoms with Crippen molar-refractivity contribution < 1.29 is 4.39 Å². The van der Waals surface area contributed by atoms with E-state index in [0.29, 0.717) is 18.0 Å². The van der Waals surface area contributed by atoms with Gasteiger partial charge in [-0.3, -0.25) is 9.89 Å². The van der Waals surface area contributed by atoms with E-state index < -0.39 is 0 Å². The van der Waals surface area contributed by atoms with Gasteiger partial charge in [0, 0.05) is 38.1 Å². The van der Waals surface area contributed by atoms with Gasteiger partial charge >= 0.3 is 0 Å². The molecule has 1 saturated heterocycles. The summed E-state index contributed by atoms with van der Waals surface area (Å²) in [4.78, 5) is 8.28. The number of benzene rings is 1. The van der Waals surface area contributed by atoms with Crippen LogP contribution >= 0.6 is 11.3 Å². The van der Waals surface area contributed by atoms with Crippen LogP contribution in [0.5, 0.6) is 0 Å². The first-order valence-electron chi connectivity index (χ1n) is 9.58. The number of piperidine rings is 1. The summed E-state index contributed by atoms with van der Waals surface area (Å²) in [6.07, 6.45) is 2.49. The Morgan fingerprint density at radius 1 is 1.33 bits per heavy atom. The zero-order valence-corrected chi connectivity index (χ0v) is 17.0. The first-order chi connectivity index (χ1) is 13.1. The Hall–Kier alpha value is -1.92. The monoisotopic (exact) mass is 388 g/mol. The molecule has 1 aliphatic heterocycles. The third-order valence-corrected chi connectivity index (χ3v) is 5.90. The number of aryl methyl sites for hydroxylation is 1. The number of hydrogen-bond acceptors (Lipinski definition) is 3. The van der Waals surface area contributed by atoms with Crippen LogP contribution in [0.25, 0.3) is 0 Å². The van der Waals surface area contributed by atoms with Gasteiger partial charge in [0.1, 0.15) is 5.82 Å². The van der Waals surface area contributed by atoms with E-state index in [1.165, 1.54) is 24.3 Å². The van der Waals surface area contributed by atoms with Crippen LogP contribution in [0.3, 0.4) is 0 Å². The summed E-state index contributed by atoms with van der Waals surface area (Å²) in [6.45, 7) is 6.60. The summed E-state index contributed by atoms with van der Waals surface area (Å²) >= 11 is 1.83. The second kappa shape index (κ2) is 9.85. The third kappa shape index (κ3) is 6.04. The number of nitrogens with one attached hydrogen (secondary N) is 2. The van der Waals surface area contributed by atoms with Gasteiger partial charge in [-0.05, 0) is 60.9 Å². The molecule has 0 bridgehead atoms. The molecular formula is C21H29FN4S. The van der Waals surface area contributed by atoms with Gasteiger partial charge in [-0.15, -0.1) is 11.3 Å². The van der Waals surface area contributed by atoms with Gasteiger partial charge in [0.15, 0.2) is 5.96 Å². The normalized spacial score (nSPS) is 18.5. The van der Waals surface area contributed by atoms with E-state index in [0.717, 1.165) is 31.2 Å². The van der Waals surface area contributed by atoms with Gasteiger partial charge in [0.2, 0.25) is 0 Å². The number of halogens is 1. The SMILES string of the molecule is CN=C(NCc1ccc(C)c(F)c1)NCC1CCCN(Cc2cccs2)C1. The molecule has 0 saturated carbocycles. The molecule has 6 heteroatoms. The van der Waals surface area contributed by atoms with Crippen LogP contribution in [0.1, 0.15) is 28.8 Å². The molecule has 1 fully saturated rings. The van der Waals surface area contributed by atoms with Crippen LogP contribution in [0.15, 0.2) is 40.7 Å². The van der Waals surface area contributed by atoms with Gasteiger partial charge in [-0.1, -0.05) is 18.2 Å². The molecule has 2 heterocycles. The van der Waals surface area contributed by atoms with Crippen molar-refractivity contribution in [2.24, 2.45) is 10.9 Å². The van der Waals surface area contributed by atoms with Crippen molar-refractivity contribution in [2.75, 3.05) is 26.7 Å². The highest BCUT2D eigenvalue weighted by Gasteiger charge is 2.20. The molecule has 1 aromatic heterocycles. The average Bonchev–Trinajstić information content (AvgIpc) is 3.18. The van der Waals surface area contributed by atoms with Gasteiger partial charge < -0.3 is 10.6 Å². The van der Waals surface area contributed by atoms with Crippen molar-refractivity contribution in [2.45, 2.75) is 32.9 Å². The second-order valence-electron chi connectivity index (χ2n) is 7.21. The lowest BCUT2D eigenvalue weighted by Gasteiger charge is -2.32. The van der Waals surface area contributed by atoms with Gasteiger partial charge in [0.05, 0.1) is 0 Å². The van der Waals surface area contributed by atoms with Gasteiger partial charge in [-0.25, -0.2) is 4.39 Å². The van der Waals surface area contributed by atoms with Crippen LogP contribution in [-0.4, -0.2) is 37.5 Å². The van der Waals surface area contributed by atoms with Crippen molar-refractivity contribution in [3.05, 3.63) is 57.5 Å². The summed E-state index contributed by atoms with van der Waals surface area (Å²) in [7, 11) is 1.77. The first-order valence-corrected chi connectivity index (χ1v) is 10.5. The third-order valence-electron chi connectivity index (χ3n) is 5.04. The lowest BCUT2D eigenvalue weighted by atomic mass is 9.98. The summed E-state index contributed by atoms with van der Waals surface area (Å²) in [5, 5.41) is 8.86. The minimum Gasteiger partial charge on any atom is -0.356 e. The number of nitrogens with zero attached hydrogens (tertiary/aromatic N) is 2. The fraction of sp³-hybridized carbons (Fsp3) is 0.476. The Bertz CT molecular complexity index is 745. The molecule has 146 valence electrons. The topological polar surface area (TPSA) is 39.7 Å². The average molecular weight is 389 g/mol. The Morgan fingerprint density at radius 3 is 2.96 bits per heavy atom. The second-order valence-corrected chi connectivity index (χ2v) is 8.25. The standard InChI is InChI=1S/C21H29FN4S/c1-16-7-8-17(11-20(16)22)12-24-21(23-2)25-13-18-5-3-9-26(14-18)15-19-6-4-10-27-19/h4,6-8,10-11,18H,3,5,9,12-15H2,1-2H3,(H2,23,24,25). The fourth-order valence-corrected chi connectivity index (χ4v) is 4.22. The van der Waals surface area contributed by atoms with E-state index in [9.17, 15) is 4.39 Å². The molecule has 4 nitrogen and oxygen atoms in total. The number of hydrogen-bond donors (Lipinski definition) is 2. The maximum absolute atomic E-state index is 13.7. The molecule has 2 N–H and O–H groups in total. The highest BCUT2D eigenvalue weighted by molar-refractivity contribution is 7.09. The molecule has 27 heavy (non-hydrogen) atoms. The van der Waals surface area contributed by atoms with E-state index in [1.54, 1.807) is 20.0 Å². The maximum atomic E-state index is 13.7. The molecule has 1 aromatic carbocycles. The number of rotatable bonds is 6. The Kier molecular flexibility index (Phi) is 7.24. The molecule has 1 atom stereocenters. The van der Waals surface area contributed by atoms with E-state index in [4.69, 9.17) is 0 Å². The van der Waals surface area contributed by atoms with Crippen molar-refractivity contribution in [3.63, 3.8) is 0 Å². The van der Waals surface area contributed by atoms with E-state index in [2.05, 4.69) is 38.0 Å². The lowest BCUT2D eigenvalue weighted by Crippen LogP contribution is -2.44. The number of aliphatic imine (C=N–C) groups is 1. The highest BCUT2D eigenvalue weighted by atomic mass is 32.1. The molecule has 2 aromatic rings. The molecule has 0 spiro atoms. The Labute approximate surface area is 165 Å². The molecule has 1 aliphatic rings. The van der Waals surface area contributed by atoms with E-state index in [1.807, 2.05) is 23.5 Å². The summed E-state index contributed by atoms with van der Waals surface area (Å²) in [5.74, 6) is 1.23. The Morgan fingerprint density at radius 2 is 2.22 bits per heavy atom. The van der Waals surface area contributed by atoms with E-state index >= 15 is 0 Å². The van der Waals surface area contributed by atoms with Crippen molar-refractivity contribution in [3.8, 4) is 0 Å². The largest absolute Gasteiger partial charge is 0.356 e. The molecular weight excluding hydrogens is 359 g/mol.